The summed E-state index contributed by atoms with van der Waals surface area (Å²) in [4.78, 5) is 11.6. The van der Waals surface area contributed by atoms with Crippen molar-refractivity contribution in [2.24, 2.45) is 0 Å². The van der Waals surface area contributed by atoms with E-state index in [1.165, 1.54) is 6.07 Å². The minimum Gasteiger partial charge on any atom is -0.505 e. The highest BCUT2D eigenvalue weighted by Crippen LogP contribution is 2.39. The lowest BCUT2D eigenvalue weighted by Crippen LogP contribution is -2.20. The van der Waals surface area contributed by atoms with Crippen LogP contribution in [0, 0.1) is 5.82 Å². The van der Waals surface area contributed by atoms with Gasteiger partial charge in [0.2, 0.25) is 0 Å². The van der Waals surface area contributed by atoms with E-state index in [-0.39, 0.29) is 22.3 Å². The summed E-state index contributed by atoms with van der Waals surface area (Å²) in [5.41, 5.74) is -0.538. The number of nitrogens with one attached hydrogen (secondary N) is 1. The number of halogens is 5. The second-order valence-electron chi connectivity index (χ2n) is 7.05. The van der Waals surface area contributed by atoms with Crippen molar-refractivity contribution in [3.63, 3.8) is 0 Å². The Labute approximate surface area is 194 Å². The maximum atomic E-state index is 14.0. The molecule has 0 spiro atoms. The molecule has 1 heterocycles. The summed E-state index contributed by atoms with van der Waals surface area (Å²) >= 11 is 5.87. The van der Waals surface area contributed by atoms with Gasteiger partial charge in [0, 0.05) is 0 Å². The summed E-state index contributed by atoms with van der Waals surface area (Å²) in [5, 5.41) is 9.67. The fraction of sp³-hybridized carbons (Fsp3) is 0.0952. The first-order chi connectivity index (χ1) is 15.8. The molecule has 34 heavy (non-hydrogen) atoms. The first kappa shape index (κ1) is 23.6. The number of alkyl halides is 3. The number of phenolic OH excluding ortho intramolecular Hbond substituents is 1. The predicted molar refractivity (Wildman–Crippen MR) is 112 cm³/mol. The van der Waals surface area contributed by atoms with Gasteiger partial charge in [0.15, 0.2) is 11.5 Å². The molecule has 0 amide bonds. The third-order valence-electron chi connectivity index (χ3n) is 4.74. The van der Waals surface area contributed by atoms with Gasteiger partial charge in [-0.15, -0.1) is 13.2 Å². The van der Waals surface area contributed by atoms with Gasteiger partial charge < -0.3 is 14.6 Å². The SMILES string of the molecule is O=C1OCc2ccc(F)cc2-c2ccc(OC(F)(F)F)c(c2)NS(=O)(=O)c2cc1cc(Cl)c2O. The van der Waals surface area contributed by atoms with Gasteiger partial charge in [-0.3, -0.25) is 4.72 Å². The summed E-state index contributed by atoms with van der Waals surface area (Å²) in [6, 6.07) is 8.12. The van der Waals surface area contributed by atoms with Gasteiger partial charge in [-0.25, -0.2) is 17.6 Å². The van der Waals surface area contributed by atoms with Crippen molar-refractivity contribution in [1.82, 2.24) is 0 Å². The molecule has 4 rings (SSSR count). The molecule has 0 aromatic heterocycles. The maximum Gasteiger partial charge on any atom is 0.573 e. The van der Waals surface area contributed by atoms with Crippen LogP contribution in [-0.4, -0.2) is 25.9 Å². The zero-order valence-electron chi connectivity index (χ0n) is 16.6. The molecule has 3 aromatic rings. The van der Waals surface area contributed by atoms with Crippen LogP contribution in [0.2, 0.25) is 5.02 Å². The third kappa shape index (κ3) is 4.73. The average Bonchev–Trinajstić information content (AvgIpc) is 2.74. The highest BCUT2D eigenvalue weighted by atomic mass is 35.5. The zero-order chi connectivity index (χ0) is 24.8. The highest BCUT2D eigenvalue weighted by molar-refractivity contribution is 7.92. The number of cyclic esters (lactones) is 1. The molecule has 0 unspecified atom stereocenters. The van der Waals surface area contributed by atoms with Gasteiger partial charge in [0.25, 0.3) is 10.0 Å². The number of hydrogen-bond acceptors (Lipinski definition) is 6. The summed E-state index contributed by atoms with van der Waals surface area (Å²) in [5.74, 6) is -3.57. The molecule has 7 nitrogen and oxygen atoms in total. The van der Waals surface area contributed by atoms with Gasteiger partial charge in [-0.05, 0) is 53.1 Å². The van der Waals surface area contributed by atoms with E-state index in [1.54, 1.807) is 0 Å². The van der Waals surface area contributed by atoms with Gasteiger partial charge in [0.1, 0.15) is 17.3 Å². The standard InChI is InChI=1S/C21H12ClF4NO6S/c22-15-5-12-7-18(19(15)28)34(30,31)27-16-6-10(2-4-17(16)33-21(24,25)26)14-8-13(23)3-1-11(14)9-32-20(12)29/h1-8,27-28H,9H2. The van der Waals surface area contributed by atoms with Crippen LogP contribution in [0.15, 0.2) is 53.4 Å². The van der Waals surface area contributed by atoms with Gasteiger partial charge >= 0.3 is 12.3 Å². The molecular formula is C21H12ClF4NO6S. The number of ether oxygens (including phenoxy) is 2. The summed E-state index contributed by atoms with van der Waals surface area (Å²) in [7, 11) is -4.81. The Morgan fingerprint density at radius 1 is 1.06 bits per heavy atom. The quantitative estimate of drug-likeness (QED) is 0.339. The number of phenols is 1. The van der Waals surface area contributed by atoms with E-state index in [4.69, 9.17) is 16.3 Å². The molecule has 0 radical (unpaired) electrons. The normalized spacial score (nSPS) is 15.0. The van der Waals surface area contributed by atoms with E-state index in [0.717, 1.165) is 42.5 Å². The number of hydrogen-bond donors (Lipinski definition) is 2. The molecular weight excluding hydrogens is 506 g/mol. The second kappa shape index (κ2) is 8.37. The molecule has 0 aliphatic carbocycles. The molecule has 178 valence electrons. The molecule has 3 aromatic carbocycles. The highest BCUT2D eigenvalue weighted by Gasteiger charge is 2.33. The predicted octanol–water partition coefficient (Wildman–Crippen LogP) is 5.22. The molecule has 13 heteroatoms. The summed E-state index contributed by atoms with van der Waals surface area (Å²) < 4.78 is 89.8. The first-order valence-electron chi connectivity index (χ1n) is 9.25. The Morgan fingerprint density at radius 3 is 2.50 bits per heavy atom. The Hall–Kier alpha value is -3.51. The van der Waals surface area contributed by atoms with Crippen LogP contribution in [0.3, 0.4) is 0 Å². The largest absolute Gasteiger partial charge is 0.573 e. The number of benzene rings is 3. The van der Waals surface area contributed by atoms with Crippen molar-refractivity contribution in [2.75, 3.05) is 4.72 Å². The molecule has 4 bridgehead atoms. The first-order valence-corrected chi connectivity index (χ1v) is 11.1. The van der Waals surface area contributed by atoms with Gasteiger partial charge in [-0.1, -0.05) is 23.7 Å². The van der Waals surface area contributed by atoms with Crippen molar-refractivity contribution in [3.8, 4) is 22.6 Å². The molecule has 0 atom stereocenters. The number of carbonyl (C=O) groups excluding carboxylic acids is 1. The van der Waals surface area contributed by atoms with Crippen LogP contribution in [-0.2, 0) is 21.4 Å². The fourth-order valence-electron chi connectivity index (χ4n) is 3.26. The van der Waals surface area contributed by atoms with Crippen LogP contribution in [0.25, 0.3) is 11.1 Å². The van der Waals surface area contributed by atoms with E-state index >= 15 is 0 Å². The van der Waals surface area contributed by atoms with Crippen molar-refractivity contribution in [2.45, 2.75) is 17.9 Å². The van der Waals surface area contributed by atoms with E-state index in [2.05, 4.69) is 4.74 Å². The molecule has 0 saturated heterocycles. The fourth-order valence-corrected chi connectivity index (χ4v) is 4.74. The Kier molecular flexibility index (Phi) is 5.82. The van der Waals surface area contributed by atoms with E-state index in [0.29, 0.717) is 0 Å². The Bertz CT molecular complexity index is 1430. The average molecular weight is 518 g/mol. The Balaban J connectivity index is 2.00. The van der Waals surface area contributed by atoms with Crippen molar-refractivity contribution in [3.05, 3.63) is 70.5 Å². The number of sulfonamides is 1. The monoisotopic (exact) mass is 517 g/mol. The van der Waals surface area contributed by atoms with Crippen molar-refractivity contribution in [1.29, 1.82) is 0 Å². The zero-order valence-corrected chi connectivity index (χ0v) is 18.2. The molecule has 0 saturated carbocycles. The number of aromatic hydroxyl groups is 1. The third-order valence-corrected chi connectivity index (χ3v) is 6.41. The number of fused-ring (bicyclic) bond motifs is 6. The summed E-state index contributed by atoms with van der Waals surface area (Å²) in [6.45, 7) is -0.390. The minimum absolute atomic E-state index is 0.0889. The molecule has 2 N–H and O–H groups in total. The molecule has 1 aliphatic rings. The maximum absolute atomic E-state index is 14.0. The van der Waals surface area contributed by atoms with E-state index < -0.39 is 61.9 Å². The number of anilines is 1. The lowest BCUT2D eigenvalue weighted by Gasteiger charge is -2.17. The van der Waals surface area contributed by atoms with Crippen molar-refractivity contribution < 1.29 is 45.4 Å². The second-order valence-corrected chi connectivity index (χ2v) is 9.10. The van der Waals surface area contributed by atoms with Crippen molar-refractivity contribution >= 4 is 33.3 Å². The molecule has 0 fully saturated rings. The smallest absolute Gasteiger partial charge is 0.505 e. The van der Waals surface area contributed by atoms with Crippen LogP contribution in [0.1, 0.15) is 15.9 Å². The van der Waals surface area contributed by atoms with Gasteiger partial charge in [0.05, 0.1) is 16.3 Å². The topological polar surface area (TPSA) is 102 Å². The van der Waals surface area contributed by atoms with Crippen LogP contribution < -0.4 is 9.46 Å². The van der Waals surface area contributed by atoms with E-state index in [1.807, 2.05) is 4.72 Å². The van der Waals surface area contributed by atoms with Crippen LogP contribution in [0.4, 0.5) is 23.2 Å². The van der Waals surface area contributed by atoms with Gasteiger partial charge in [-0.2, -0.15) is 0 Å². The number of esters is 1. The minimum atomic E-state index is -5.17. The van der Waals surface area contributed by atoms with Crippen LogP contribution >= 0.6 is 11.6 Å². The Morgan fingerprint density at radius 2 is 1.79 bits per heavy atom. The lowest BCUT2D eigenvalue weighted by atomic mass is 9.99. The molecule has 1 aliphatic heterocycles. The van der Waals surface area contributed by atoms with Crippen LogP contribution in [0.5, 0.6) is 11.5 Å². The summed E-state index contributed by atoms with van der Waals surface area (Å²) in [6.07, 6.45) is -5.17. The number of rotatable bonds is 1. The lowest BCUT2D eigenvalue weighted by molar-refractivity contribution is -0.274. The van der Waals surface area contributed by atoms with E-state index in [9.17, 15) is 35.9 Å². The number of carbonyl (C=O) groups is 1.